The molecule has 0 bridgehead atoms. The van der Waals surface area contributed by atoms with Crippen LogP contribution >= 0.6 is 22.6 Å². The number of alkyl halides is 1. The monoisotopic (exact) mass is 625 g/mol. The van der Waals surface area contributed by atoms with E-state index >= 15 is 0 Å². The van der Waals surface area contributed by atoms with E-state index in [-0.39, 0.29) is 37.7 Å². The van der Waals surface area contributed by atoms with Crippen molar-refractivity contribution in [2.75, 3.05) is 33.4 Å². The molecule has 2 aromatic rings. The third kappa shape index (κ3) is 7.12. The van der Waals surface area contributed by atoms with Gasteiger partial charge in [-0.05, 0) is 68.3 Å². The number of aryl methyl sites for hydroxylation is 1. The minimum Gasteiger partial charge on any atom is -0.418 e. The maximum atomic E-state index is 13.8. The summed E-state index contributed by atoms with van der Waals surface area (Å²) in [6.45, 7) is 9.59. The van der Waals surface area contributed by atoms with Crippen molar-refractivity contribution in [1.82, 2.24) is 19.4 Å². The van der Waals surface area contributed by atoms with E-state index in [0.717, 1.165) is 36.0 Å². The Bertz CT molecular complexity index is 1130. The van der Waals surface area contributed by atoms with Gasteiger partial charge in [-0.1, -0.05) is 6.92 Å². The van der Waals surface area contributed by atoms with Crippen molar-refractivity contribution in [1.29, 1.82) is 5.26 Å². The molecule has 0 aromatic carbocycles. The minimum atomic E-state index is -1.28. The summed E-state index contributed by atoms with van der Waals surface area (Å²) in [5.41, 5.74) is 1.85. The lowest BCUT2D eigenvalue weighted by Gasteiger charge is -2.39. The van der Waals surface area contributed by atoms with E-state index in [1.54, 1.807) is 29.7 Å². The summed E-state index contributed by atoms with van der Waals surface area (Å²) in [6, 6.07) is 5.65. The van der Waals surface area contributed by atoms with Crippen LogP contribution in [0, 0.1) is 11.3 Å². The van der Waals surface area contributed by atoms with Gasteiger partial charge in [0, 0.05) is 50.6 Å². The fourth-order valence-corrected chi connectivity index (χ4v) is 4.60. The molecule has 37 heavy (non-hydrogen) atoms. The van der Waals surface area contributed by atoms with Gasteiger partial charge >= 0.3 is 6.09 Å². The number of methoxy groups -OCH3 is 1. The van der Waals surface area contributed by atoms with Gasteiger partial charge in [-0.3, -0.25) is 9.78 Å². The van der Waals surface area contributed by atoms with Gasteiger partial charge in [0.05, 0.1) is 30.4 Å². The van der Waals surface area contributed by atoms with Crippen LogP contribution < -0.4 is 0 Å². The van der Waals surface area contributed by atoms with Crippen LogP contribution in [0.25, 0.3) is 10.9 Å². The Labute approximate surface area is 232 Å². The van der Waals surface area contributed by atoms with Crippen molar-refractivity contribution in [3.05, 3.63) is 30.2 Å². The molecule has 1 saturated heterocycles. The van der Waals surface area contributed by atoms with E-state index in [0.29, 0.717) is 6.61 Å². The predicted octanol–water partition coefficient (Wildman–Crippen LogP) is 4.27. The number of carbonyl (C=O) groups excluding carboxylic acids is 2. The molecule has 4 atom stereocenters. The van der Waals surface area contributed by atoms with E-state index < -0.39 is 15.8 Å². The summed E-state index contributed by atoms with van der Waals surface area (Å²) in [4.78, 5) is 34.4. The number of aromatic nitrogens is 2. The van der Waals surface area contributed by atoms with Crippen LogP contribution in [0.15, 0.2) is 24.5 Å². The first-order valence-corrected chi connectivity index (χ1v) is 13.6. The summed E-state index contributed by atoms with van der Waals surface area (Å²) < 4.78 is 17.2. The first kappa shape index (κ1) is 29.1. The smallest absolute Gasteiger partial charge is 0.412 e. The zero-order chi connectivity index (χ0) is 27.2. The number of halogens is 1. The number of rotatable bonds is 10. The number of nitriles is 1. The maximum absolute atomic E-state index is 13.8. The van der Waals surface area contributed by atoms with Crippen molar-refractivity contribution >= 4 is 45.5 Å². The number of carbonyl (C=O) groups is 2. The fourth-order valence-electron chi connectivity index (χ4n) is 4.41. The molecule has 2 amide bonds. The highest BCUT2D eigenvalue weighted by Crippen LogP contribution is 2.28. The van der Waals surface area contributed by atoms with Crippen LogP contribution in [0.2, 0.25) is 0 Å². The average Bonchev–Trinajstić information content (AvgIpc) is 3.30. The SMILES string of the molecule is CCC(C)N(C(=O)[C@H]1CN(C(=O)OC(C)(I)C#N)CCO1)C(C)c1cc2c(ccn2CCCOC)cn1. The zero-order valence-corrected chi connectivity index (χ0v) is 24.3. The fraction of sp³-hybridized carbons (Fsp3) is 0.615. The largest absolute Gasteiger partial charge is 0.418 e. The molecular weight excluding hydrogens is 589 g/mol. The van der Waals surface area contributed by atoms with Gasteiger partial charge in [-0.15, -0.1) is 0 Å². The van der Waals surface area contributed by atoms with Gasteiger partial charge in [-0.2, -0.15) is 5.26 Å². The van der Waals surface area contributed by atoms with E-state index in [9.17, 15) is 14.9 Å². The summed E-state index contributed by atoms with van der Waals surface area (Å²) in [7, 11) is 1.70. The number of hydrogen-bond donors (Lipinski definition) is 0. The number of nitrogens with zero attached hydrogens (tertiary/aromatic N) is 5. The number of hydrogen-bond acceptors (Lipinski definition) is 7. The first-order chi connectivity index (χ1) is 17.6. The number of morpholine rings is 1. The van der Waals surface area contributed by atoms with Gasteiger partial charge in [0.15, 0.2) is 6.10 Å². The standard InChI is InChI=1S/C26H36IN5O5/c1-6-18(2)32(24(33)23-16-31(11-13-36-23)25(34)37-26(4,27)17-28)19(3)21-14-22-20(15-29-21)8-10-30(22)9-7-12-35-5/h8,10,14-15,18-19,23H,6-7,9,11-13,16H2,1-5H3/t18?,19?,23-,26?/m1/s1. The van der Waals surface area contributed by atoms with E-state index in [1.165, 1.54) is 11.8 Å². The van der Waals surface area contributed by atoms with Gasteiger partial charge < -0.3 is 28.6 Å². The Hall–Kier alpha value is -2.43. The molecule has 1 aliphatic heterocycles. The molecule has 202 valence electrons. The Morgan fingerprint density at radius 2 is 2.19 bits per heavy atom. The second-order valence-corrected chi connectivity index (χ2v) is 11.5. The summed E-state index contributed by atoms with van der Waals surface area (Å²) >= 11 is 1.77. The molecule has 3 heterocycles. The Morgan fingerprint density at radius 1 is 1.43 bits per heavy atom. The summed E-state index contributed by atoms with van der Waals surface area (Å²) in [5, 5.41) is 10.2. The normalized spacial score (nSPS) is 19.1. The number of amides is 2. The van der Waals surface area contributed by atoms with Gasteiger partial charge in [0.1, 0.15) is 6.07 Å². The zero-order valence-electron chi connectivity index (χ0n) is 22.1. The van der Waals surface area contributed by atoms with E-state index in [1.807, 2.05) is 56.3 Å². The molecule has 0 radical (unpaired) electrons. The molecule has 3 rings (SSSR count). The van der Waals surface area contributed by atoms with Gasteiger partial charge in [-0.25, -0.2) is 4.79 Å². The predicted molar refractivity (Wildman–Crippen MR) is 147 cm³/mol. The lowest BCUT2D eigenvalue weighted by molar-refractivity contribution is -0.153. The molecule has 0 aliphatic carbocycles. The van der Waals surface area contributed by atoms with Crippen LogP contribution in [0.1, 0.15) is 52.3 Å². The topological polar surface area (TPSA) is 110 Å². The number of fused-ring (bicyclic) bond motifs is 1. The van der Waals surface area contributed by atoms with Crippen molar-refractivity contribution in [2.24, 2.45) is 0 Å². The molecule has 1 aliphatic rings. The third-order valence-corrected chi connectivity index (χ3v) is 7.13. The Morgan fingerprint density at radius 3 is 2.86 bits per heavy atom. The highest BCUT2D eigenvalue weighted by atomic mass is 127. The van der Waals surface area contributed by atoms with Crippen LogP contribution in [0.3, 0.4) is 0 Å². The van der Waals surface area contributed by atoms with Crippen LogP contribution in [-0.2, 0) is 25.5 Å². The molecule has 0 spiro atoms. The van der Waals surface area contributed by atoms with E-state index in [4.69, 9.17) is 14.2 Å². The summed E-state index contributed by atoms with van der Waals surface area (Å²) in [6.07, 6.45) is 4.07. The molecule has 0 saturated carbocycles. The van der Waals surface area contributed by atoms with Crippen molar-refractivity contribution in [3.63, 3.8) is 0 Å². The highest BCUT2D eigenvalue weighted by molar-refractivity contribution is 14.1. The third-order valence-electron chi connectivity index (χ3n) is 6.67. The molecule has 10 nitrogen and oxygen atoms in total. The number of ether oxygens (including phenoxy) is 3. The molecule has 11 heteroatoms. The first-order valence-electron chi connectivity index (χ1n) is 12.6. The van der Waals surface area contributed by atoms with Gasteiger partial charge in [0.2, 0.25) is 3.61 Å². The van der Waals surface area contributed by atoms with Crippen molar-refractivity contribution in [2.45, 2.75) is 68.9 Å². The lowest BCUT2D eigenvalue weighted by atomic mass is 10.1. The molecule has 3 unspecified atom stereocenters. The lowest BCUT2D eigenvalue weighted by Crippen LogP contribution is -2.55. The molecule has 2 aromatic heterocycles. The van der Waals surface area contributed by atoms with E-state index in [2.05, 4.69) is 9.55 Å². The maximum Gasteiger partial charge on any atom is 0.412 e. The molecular formula is C26H36IN5O5. The second kappa shape index (κ2) is 12.9. The highest BCUT2D eigenvalue weighted by Gasteiger charge is 2.38. The second-order valence-electron chi connectivity index (χ2n) is 9.40. The Balaban J connectivity index is 1.81. The quantitative estimate of drug-likeness (QED) is 0.220. The van der Waals surface area contributed by atoms with Crippen LogP contribution in [-0.4, -0.2) is 80.5 Å². The van der Waals surface area contributed by atoms with Crippen LogP contribution in [0.4, 0.5) is 4.79 Å². The van der Waals surface area contributed by atoms with Crippen molar-refractivity contribution in [3.8, 4) is 6.07 Å². The van der Waals surface area contributed by atoms with Gasteiger partial charge in [0.25, 0.3) is 5.91 Å². The average molecular weight is 626 g/mol. The van der Waals surface area contributed by atoms with Crippen molar-refractivity contribution < 1.29 is 23.8 Å². The Kier molecular flexibility index (Phi) is 10.1. The molecule has 1 fully saturated rings. The minimum absolute atomic E-state index is 0.0598. The summed E-state index contributed by atoms with van der Waals surface area (Å²) in [5.74, 6) is -0.200. The molecule has 0 N–H and O–H groups in total. The van der Waals surface area contributed by atoms with Crippen LogP contribution in [0.5, 0.6) is 0 Å². The number of pyridine rings is 1.